The maximum absolute atomic E-state index is 10.4. The Morgan fingerprint density at radius 2 is 1.73 bits per heavy atom. The number of β-amino-alcohol motifs (C(OH)–C–C–N with tert-alkyl or cyclic N) is 1. The minimum Gasteiger partial charge on any atom is -0.390 e. The minimum atomic E-state index is -0.316. The van der Waals surface area contributed by atoms with Crippen LogP contribution in [0, 0.1) is 0 Å². The van der Waals surface area contributed by atoms with E-state index in [0.29, 0.717) is 0 Å². The molecule has 26 heavy (non-hydrogen) atoms. The summed E-state index contributed by atoms with van der Waals surface area (Å²) in [4.78, 5) is 15.7. The van der Waals surface area contributed by atoms with Crippen LogP contribution in [0.1, 0.15) is 0 Å². The molecule has 0 spiro atoms. The first kappa shape index (κ1) is 17.6. The van der Waals surface area contributed by atoms with E-state index in [1.165, 1.54) is 0 Å². The molecule has 1 N–H and O–H groups in total. The molecule has 0 bridgehead atoms. The molecule has 9 heteroatoms. The number of ether oxygens (including phenoxy) is 1. The van der Waals surface area contributed by atoms with Gasteiger partial charge in [0.2, 0.25) is 0 Å². The molecule has 2 aromatic rings. The minimum absolute atomic E-state index is 0.316. The molecule has 0 saturated carbocycles. The number of aryl methyl sites for hydroxylation is 1. The number of anilines is 1. The molecule has 0 radical (unpaired) electrons. The Bertz CT molecular complexity index is 723. The number of morpholine rings is 1. The second kappa shape index (κ2) is 7.83. The first-order chi connectivity index (χ1) is 12.7. The Hall–Kier alpha value is -1.81. The number of piperazine rings is 1. The van der Waals surface area contributed by atoms with Gasteiger partial charge in [0.15, 0.2) is 5.65 Å². The van der Waals surface area contributed by atoms with E-state index in [2.05, 4.69) is 29.8 Å². The number of hydrogen-bond donors (Lipinski definition) is 1. The fourth-order valence-corrected chi connectivity index (χ4v) is 3.78. The summed E-state index contributed by atoms with van der Waals surface area (Å²) < 4.78 is 7.14. The fraction of sp³-hybridized carbons (Fsp3) is 0.706. The van der Waals surface area contributed by atoms with E-state index in [9.17, 15) is 5.11 Å². The third kappa shape index (κ3) is 3.80. The van der Waals surface area contributed by atoms with Gasteiger partial charge in [0.05, 0.1) is 30.9 Å². The SMILES string of the molecule is Cn1ncc2c(N3CCN(CC(O)CN4CCOCC4)CC3)ncnc21. The predicted molar refractivity (Wildman–Crippen MR) is 98.2 cm³/mol. The van der Waals surface area contributed by atoms with Gasteiger partial charge in [-0.15, -0.1) is 0 Å². The Kier molecular flexibility index (Phi) is 5.30. The summed E-state index contributed by atoms with van der Waals surface area (Å²) in [7, 11) is 1.90. The van der Waals surface area contributed by atoms with Crippen molar-refractivity contribution in [1.82, 2.24) is 29.5 Å². The molecule has 142 valence electrons. The summed E-state index contributed by atoms with van der Waals surface area (Å²) in [5, 5.41) is 15.7. The number of rotatable bonds is 5. The van der Waals surface area contributed by atoms with E-state index in [4.69, 9.17) is 4.74 Å². The van der Waals surface area contributed by atoms with Crippen LogP contribution in [0.15, 0.2) is 12.5 Å². The molecule has 0 aliphatic carbocycles. The molecule has 2 fully saturated rings. The molecule has 4 heterocycles. The number of hydrogen-bond acceptors (Lipinski definition) is 8. The first-order valence-corrected chi connectivity index (χ1v) is 9.29. The van der Waals surface area contributed by atoms with Gasteiger partial charge in [-0.3, -0.25) is 14.5 Å². The first-order valence-electron chi connectivity index (χ1n) is 9.29. The maximum atomic E-state index is 10.4. The fourth-order valence-electron chi connectivity index (χ4n) is 3.78. The van der Waals surface area contributed by atoms with Crippen molar-refractivity contribution in [3.05, 3.63) is 12.5 Å². The second-order valence-electron chi connectivity index (χ2n) is 7.06. The summed E-state index contributed by atoms with van der Waals surface area (Å²) in [6.07, 6.45) is 3.13. The monoisotopic (exact) mass is 361 g/mol. The van der Waals surface area contributed by atoms with Crippen molar-refractivity contribution >= 4 is 16.9 Å². The molecule has 2 saturated heterocycles. The number of nitrogens with zero attached hydrogens (tertiary/aromatic N) is 7. The summed E-state index contributed by atoms with van der Waals surface area (Å²) in [5.74, 6) is 0.955. The van der Waals surface area contributed by atoms with Crippen LogP contribution in [-0.2, 0) is 11.8 Å². The molecule has 2 aromatic heterocycles. The Morgan fingerprint density at radius 3 is 2.46 bits per heavy atom. The van der Waals surface area contributed by atoms with E-state index in [-0.39, 0.29) is 6.10 Å². The Balaban J connectivity index is 1.31. The topological polar surface area (TPSA) is 82.8 Å². The largest absolute Gasteiger partial charge is 0.390 e. The van der Waals surface area contributed by atoms with Crippen molar-refractivity contribution in [3.8, 4) is 0 Å². The van der Waals surface area contributed by atoms with Gasteiger partial charge in [0.25, 0.3) is 0 Å². The van der Waals surface area contributed by atoms with Crippen LogP contribution in [0.5, 0.6) is 0 Å². The normalized spacial score (nSPS) is 21.4. The lowest BCUT2D eigenvalue weighted by Gasteiger charge is -2.37. The van der Waals surface area contributed by atoms with Gasteiger partial charge in [-0.1, -0.05) is 0 Å². The average molecular weight is 361 g/mol. The molecule has 2 aliphatic heterocycles. The molecule has 9 nitrogen and oxygen atoms in total. The van der Waals surface area contributed by atoms with Gasteiger partial charge < -0.3 is 14.7 Å². The number of aliphatic hydroxyl groups excluding tert-OH is 1. The molecule has 1 unspecified atom stereocenters. The van der Waals surface area contributed by atoms with Crippen LogP contribution in [-0.4, -0.2) is 106 Å². The lowest BCUT2D eigenvalue weighted by molar-refractivity contribution is 0.00655. The van der Waals surface area contributed by atoms with Gasteiger partial charge in [0.1, 0.15) is 12.1 Å². The van der Waals surface area contributed by atoms with E-state index in [0.717, 1.165) is 82.4 Å². The zero-order valence-electron chi connectivity index (χ0n) is 15.3. The van der Waals surface area contributed by atoms with E-state index >= 15 is 0 Å². The van der Waals surface area contributed by atoms with Crippen LogP contribution in [0.25, 0.3) is 11.0 Å². The van der Waals surface area contributed by atoms with Gasteiger partial charge >= 0.3 is 0 Å². The van der Waals surface area contributed by atoms with Gasteiger partial charge in [0, 0.05) is 59.4 Å². The van der Waals surface area contributed by atoms with Crippen LogP contribution in [0.3, 0.4) is 0 Å². The summed E-state index contributed by atoms with van der Waals surface area (Å²) in [5.41, 5.74) is 0.860. The Labute approximate surface area is 153 Å². The lowest BCUT2D eigenvalue weighted by atomic mass is 10.2. The van der Waals surface area contributed by atoms with Crippen molar-refractivity contribution in [2.24, 2.45) is 7.05 Å². The van der Waals surface area contributed by atoms with Crippen molar-refractivity contribution in [2.45, 2.75) is 6.10 Å². The highest BCUT2D eigenvalue weighted by molar-refractivity contribution is 5.86. The number of fused-ring (bicyclic) bond motifs is 1. The molecule has 2 aliphatic rings. The molecular weight excluding hydrogens is 334 g/mol. The van der Waals surface area contributed by atoms with E-state index in [1.807, 2.05) is 13.2 Å². The third-order valence-corrected chi connectivity index (χ3v) is 5.22. The number of aliphatic hydroxyl groups is 1. The smallest absolute Gasteiger partial charge is 0.163 e. The van der Waals surface area contributed by atoms with Crippen LogP contribution >= 0.6 is 0 Å². The summed E-state index contributed by atoms with van der Waals surface area (Å²) >= 11 is 0. The summed E-state index contributed by atoms with van der Waals surface area (Å²) in [6.45, 7) is 8.46. The van der Waals surface area contributed by atoms with Gasteiger partial charge in [-0.25, -0.2) is 9.97 Å². The maximum Gasteiger partial charge on any atom is 0.163 e. The molecule has 4 rings (SSSR count). The summed E-state index contributed by atoms with van der Waals surface area (Å²) in [6, 6.07) is 0. The van der Waals surface area contributed by atoms with Crippen LogP contribution < -0.4 is 4.90 Å². The molecule has 0 aromatic carbocycles. The zero-order chi connectivity index (χ0) is 17.9. The molecule has 1 atom stereocenters. The quantitative estimate of drug-likeness (QED) is 0.740. The standard InChI is InChI=1S/C17H27N7O2/c1-21-16-15(10-20-21)17(19-13-18-16)24-4-2-22(3-5-24)11-14(25)12-23-6-8-26-9-7-23/h10,13-14,25H,2-9,11-12H2,1H3. The lowest BCUT2D eigenvalue weighted by Crippen LogP contribution is -2.51. The van der Waals surface area contributed by atoms with Gasteiger partial charge in [-0.2, -0.15) is 5.10 Å². The van der Waals surface area contributed by atoms with Crippen molar-refractivity contribution in [2.75, 3.05) is 70.5 Å². The second-order valence-corrected chi connectivity index (χ2v) is 7.06. The highest BCUT2D eigenvalue weighted by Crippen LogP contribution is 2.23. The Morgan fingerprint density at radius 1 is 1.04 bits per heavy atom. The van der Waals surface area contributed by atoms with Crippen molar-refractivity contribution in [3.63, 3.8) is 0 Å². The number of aromatic nitrogens is 4. The third-order valence-electron chi connectivity index (χ3n) is 5.22. The average Bonchev–Trinajstić information content (AvgIpc) is 3.04. The van der Waals surface area contributed by atoms with Crippen molar-refractivity contribution in [1.29, 1.82) is 0 Å². The van der Waals surface area contributed by atoms with Crippen LogP contribution in [0.2, 0.25) is 0 Å². The molecule has 0 amide bonds. The highest BCUT2D eigenvalue weighted by atomic mass is 16.5. The zero-order valence-corrected chi connectivity index (χ0v) is 15.3. The molecular formula is C17H27N7O2. The predicted octanol–water partition coefficient (Wildman–Crippen LogP) is -0.822. The highest BCUT2D eigenvalue weighted by Gasteiger charge is 2.23. The van der Waals surface area contributed by atoms with E-state index < -0.39 is 0 Å². The van der Waals surface area contributed by atoms with Gasteiger partial charge in [-0.05, 0) is 0 Å². The van der Waals surface area contributed by atoms with E-state index in [1.54, 1.807) is 11.0 Å². The van der Waals surface area contributed by atoms with Crippen molar-refractivity contribution < 1.29 is 9.84 Å². The van der Waals surface area contributed by atoms with Crippen LogP contribution in [0.4, 0.5) is 5.82 Å².